The molecule has 3 aromatic carbocycles. The molecule has 5 nitrogen and oxygen atoms in total. The zero-order chi connectivity index (χ0) is 22.7. The van der Waals surface area contributed by atoms with Gasteiger partial charge in [0.2, 0.25) is 5.89 Å². The predicted octanol–water partition coefficient (Wildman–Crippen LogP) is 6.64. The zero-order valence-corrected chi connectivity index (χ0v) is 18.9. The van der Waals surface area contributed by atoms with Crippen LogP contribution in [0.1, 0.15) is 42.9 Å². The number of aryl methyl sites for hydroxylation is 2. The molecule has 4 aromatic rings. The summed E-state index contributed by atoms with van der Waals surface area (Å²) < 4.78 is 11.6. The number of anilines is 1. The summed E-state index contributed by atoms with van der Waals surface area (Å²) in [7, 11) is 0. The predicted molar refractivity (Wildman–Crippen MR) is 128 cm³/mol. The first-order valence-electron chi connectivity index (χ1n) is 10.9. The van der Waals surface area contributed by atoms with Crippen molar-refractivity contribution in [1.82, 2.24) is 4.98 Å². The van der Waals surface area contributed by atoms with Crippen LogP contribution in [0.15, 0.2) is 65.1 Å². The highest BCUT2D eigenvalue weighted by Gasteiger charge is 2.12. The second-order valence-corrected chi connectivity index (χ2v) is 8.24. The maximum atomic E-state index is 12.4. The van der Waals surface area contributed by atoms with Crippen LogP contribution in [0.5, 0.6) is 5.75 Å². The highest BCUT2D eigenvalue weighted by molar-refractivity contribution is 5.92. The Labute approximate surface area is 188 Å². The van der Waals surface area contributed by atoms with Crippen LogP contribution < -0.4 is 10.1 Å². The fourth-order valence-corrected chi connectivity index (χ4v) is 3.64. The van der Waals surface area contributed by atoms with Gasteiger partial charge in [0.15, 0.2) is 12.2 Å². The van der Waals surface area contributed by atoms with Crippen molar-refractivity contribution in [3.8, 4) is 17.2 Å². The van der Waals surface area contributed by atoms with Gasteiger partial charge in [-0.1, -0.05) is 43.7 Å². The molecule has 0 unspecified atom stereocenters. The van der Waals surface area contributed by atoms with E-state index in [1.54, 1.807) is 0 Å². The number of carbonyl (C=O) groups is 1. The number of hydrogen-bond acceptors (Lipinski definition) is 4. The lowest BCUT2D eigenvalue weighted by Gasteiger charge is -2.10. The molecule has 0 saturated heterocycles. The average molecular weight is 429 g/mol. The second-order valence-electron chi connectivity index (χ2n) is 8.24. The Morgan fingerprint density at radius 3 is 2.72 bits per heavy atom. The molecule has 1 aromatic heterocycles. The molecule has 4 rings (SSSR count). The lowest BCUT2D eigenvalue weighted by atomic mass is 9.98. The Bertz CT molecular complexity index is 1260. The summed E-state index contributed by atoms with van der Waals surface area (Å²) in [5.74, 6) is 1.49. The maximum absolute atomic E-state index is 12.4. The number of ether oxygens (including phenoxy) is 1. The summed E-state index contributed by atoms with van der Waals surface area (Å²) in [6, 6.07) is 19.5. The van der Waals surface area contributed by atoms with Crippen molar-refractivity contribution in [3.05, 3.63) is 77.4 Å². The largest absolute Gasteiger partial charge is 0.483 e. The van der Waals surface area contributed by atoms with Gasteiger partial charge in [-0.25, -0.2) is 4.98 Å². The molecule has 0 radical (unpaired) electrons. The lowest BCUT2D eigenvalue weighted by Crippen LogP contribution is -2.20. The number of hydrogen-bond donors (Lipinski definition) is 1. The van der Waals surface area contributed by atoms with Gasteiger partial charge in [0.25, 0.3) is 5.91 Å². The van der Waals surface area contributed by atoms with Gasteiger partial charge < -0.3 is 14.5 Å². The summed E-state index contributed by atoms with van der Waals surface area (Å²) in [4.78, 5) is 17.1. The summed E-state index contributed by atoms with van der Waals surface area (Å²) >= 11 is 0. The lowest BCUT2D eigenvalue weighted by molar-refractivity contribution is -0.118. The Morgan fingerprint density at radius 1 is 1.09 bits per heavy atom. The van der Waals surface area contributed by atoms with Crippen molar-refractivity contribution in [2.24, 2.45) is 0 Å². The van der Waals surface area contributed by atoms with E-state index < -0.39 is 0 Å². The van der Waals surface area contributed by atoms with Crippen molar-refractivity contribution >= 4 is 22.7 Å². The first-order valence-corrected chi connectivity index (χ1v) is 10.9. The van der Waals surface area contributed by atoms with Crippen molar-refractivity contribution < 1.29 is 13.9 Å². The standard InChI is InChI=1S/C27H28N2O3/c1-5-18(3)20-10-12-25-23(15-20)29-27(32-25)21-7-6-8-22(14-21)28-26(30)16-31-24-11-9-17(2)13-19(24)4/h6-15,18H,5,16H2,1-4H3,(H,28,30)/t18-/m1/s1. The molecule has 1 heterocycles. The minimum Gasteiger partial charge on any atom is -0.483 e. The Hall–Kier alpha value is -3.60. The van der Waals surface area contributed by atoms with Crippen LogP contribution in [0, 0.1) is 13.8 Å². The molecule has 0 spiro atoms. The van der Waals surface area contributed by atoms with Crippen molar-refractivity contribution in [3.63, 3.8) is 0 Å². The van der Waals surface area contributed by atoms with Crippen molar-refractivity contribution in [2.45, 2.75) is 40.0 Å². The summed E-state index contributed by atoms with van der Waals surface area (Å²) in [6.45, 7) is 8.32. The van der Waals surface area contributed by atoms with Crippen LogP contribution >= 0.6 is 0 Å². The van der Waals surface area contributed by atoms with Gasteiger partial charge in [-0.15, -0.1) is 0 Å². The fraction of sp³-hybridized carbons (Fsp3) is 0.259. The van der Waals surface area contributed by atoms with Crippen LogP contribution in [0.4, 0.5) is 5.69 Å². The fourth-order valence-electron chi connectivity index (χ4n) is 3.64. The van der Waals surface area contributed by atoms with Gasteiger partial charge in [-0.05, 0) is 73.7 Å². The quantitative estimate of drug-likeness (QED) is 0.358. The minimum absolute atomic E-state index is 0.0601. The molecule has 32 heavy (non-hydrogen) atoms. The van der Waals surface area contributed by atoms with Crippen LogP contribution in [0.2, 0.25) is 0 Å². The monoisotopic (exact) mass is 428 g/mol. The molecule has 1 amide bonds. The van der Waals surface area contributed by atoms with Gasteiger partial charge >= 0.3 is 0 Å². The molecule has 0 aliphatic heterocycles. The van der Waals surface area contributed by atoms with Gasteiger partial charge in [0.1, 0.15) is 11.3 Å². The number of oxazole rings is 1. The number of aromatic nitrogens is 1. The number of fused-ring (bicyclic) bond motifs is 1. The smallest absolute Gasteiger partial charge is 0.262 e. The van der Waals surface area contributed by atoms with Crippen LogP contribution in [0.25, 0.3) is 22.6 Å². The number of nitrogens with one attached hydrogen (secondary N) is 1. The number of benzene rings is 3. The maximum Gasteiger partial charge on any atom is 0.262 e. The van der Waals surface area contributed by atoms with E-state index in [4.69, 9.17) is 9.15 Å². The van der Waals surface area contributed by atoms with Gasteiger partial charge in [0.05, 0.1) is 0 Å². The minimum atomic E-state index is -0.224. The average Bonchev–Trinajstić information content (AvgIpc) is 3.21. The molecule has 0 bridgehead atoms. The van der Waals surface area contributed by atoms with Crippen molar-refractivity contribution in [2.75, 3.05) is 11.9 Å². The highest BCUT2D eigenvalue weighted by Crippen LogP contribution is 2.29. The Balaban J connectivity index is 1.46. The first kappa shape index (κ1) is 21.6. The molecule has 0 aliphatic rings. The van der Waals surface area contributed by atoms with Gasteiger partial charge in [-0.2, -0.15) is 0 Å². The summed E-state index contributed by atoms with van der Waals surface area (Å²) in [5, 5.41) is 2.89. The van der Waals surface area contributed by atoms with E-state index in [9.17, 15) is 4.79 Å². The van der Waals surface area contributed by atoms with E-state index in [-0.39, 0.29) is 12.5 Å². The molecular weight excluding hydrogens is 400 g/mol. The molecular formula is C27H28N2O3. The van der Waals surface area contributed by atoms with E-state index in [2.05, 4.69) is 36.3 Å². The van der Waals surface area contributed by atoms with E-state index >= 15 is 0 Å². The SMILES string of the molecule is CC[C@@H](C)c1ccc2oc(-c3cccc(NC(=O)COc4ccc(C)cc4C)c3)nc2c1. The Morgan fingerprint density at radius 2 is 1.94 bits per heavy atom. The van der Waals surface area contributed by atoms with E-state index in [0.717, 1.165) is 34.2 Å². The van der Waals surface area contributed by atoms with E-state index in [1.807, 2.05) is 62.4 Å². The summed E-state index contributed by atoms with van der Waals surface area (Å²) in [5.41, 5.74) is 6.49. The molecule has 5 heteroatoms. The van der Waals surface area contributed by atoms with Gasteiger partial charge in [0, 0.05) is 11.3 Å². The van der Waals surface area contributed by atoms with Crippen LogP contribution in [0.3, 0.4) is 0 Å². The third-order valence-corrected chi connectivity index (χ3v) is 5.68. The normalized spacial score (nSPS) is 12.0. The molecule has 1 atom stereocenters. The third kappa shape index (κ3) is 4.83. The first-order chi connectivity index (χ1) is 15.4. The summed E-state index contributed by atoms with van der Waals surface area (Å²) in [6.07, 6.45) is 1.07. The van der Waals surface area contributed by atoms with Crippen molar-refractivity contribution in [1.29, 1.82) is 0 Å². The molecule has 164 valence electrons. The van der Waals surface area contributed by atoms with E-state index in [1.165, 1.54) is 5.56 Å². The third-order valence-electron chi connectivity index (χ3n) is 5.68. The van der Waals surface area contributed by atoms with Gasteiger partial charge in [-0.3, -0.25) is 4.79 Å². The van der Waals surface area contributed by atoms with Crippen LogP contribution in [-0.2, 0) is 4.79 Å². The molecule has 1 N–H and O–H groups in total. The Kier molecular flexibility index (Phi) is 6.26. The number of amides is 1. The number of carbonyl (C=O) groups excluding carboxylic acids is 1. The second kappa shape index (κ2) is 9.27. The topological polar surface area (TPSA) is 64.4 Å². The zero-order valence-electron chi connectivity index (χ0n) is 18.9. The van der Waals surface area contributed by atoms with Crippen LogP contribution in [-0.4, -0.2) is 17.5 Å². The highest BCUT2D eigenvalue weighted by atomic mass is 16.5. The van der Waals surface area contributed by atoms with E-state index in [0.29, 0.717) is 23.2 Å². The molecule has 0 saturated carbocycles. The number of rotatable bonds is 7. The number of nitrogens with zero attached hydrogens (tertiary/aromatic N) is 1. The molecule has 0 fully saturated rings. The molecule has 0 aliphatic carbocycles.